The molecule has 5 amide bonds. The first-order valence-corrected chi connectivity index (χ1v) is 26.2. The summed E-state index contributed by atoms with van der Waals surface area (Å²) in [4.78, 5) is 74.6. The maximum absolute atomic E-state index is 14.5. The number of aryl methyl sites for hydroxylation is 1. The Labute approximate surface area is 441 Å². The molecule has 6 N–H and O–H groups in total. The number of nitrogens with zero attached hydrogens (tertiary/aromatic N) is 2. The van der Waals surface area contributed by atoms with Crippen LogP contribution in [0.5, 0.6) is 0 Å². The van der Waals surface area contributed by atoms with Gasteiger partial charge in [-0.2, -0.15) is 13.2 Å². The zero-order chi connectivity index (χ0) is 54.4. The number of aliphatic hydroxyl groups is 1. The summed E-state index contributed by atoms with van der Waals surface area (Å²) in [5.74, 6) is -4.16. The van der Waals surface area contributed by atoms with Crippen molar-refractivity contribution >= 4 is 63.8 Å². The quantitative estimate of drug-likeness (QED) is 0.0329. The number of thiazole rings is 1. The molecular weight excluding hydrogens is 1020 g/mol. The average Bonchev–Trinajstić information content (AvgIpc) is 4.06. The second kappa shape index (κ2) is 24.0. The Hall–Kier alpha value is -6.44. The van der Waals surface area contributed by atoms with E-state index < -0.39 is 70.7 Å². The number of aliphatic hydroxyl groups excluding tert-OH is 1. The Balaban J connectivity index is 0.861. The summed E-state index contributed by atoms with van der Waals surface area (Å²) in [6, 6.07) is 12.6. The van der Waals surface area contributed by atoms with E-state index in [0.29, 0.717) is 25.0 Å². The van der Waals surface area contributed by atoms with Crippen molar-refractivity contribution in [1.29, 1.82) is 0 Å². The number of unbranched alkanes of at least 4 members (excludes halogenated alkanes) is 6. The van der Waals surface area contributed by atoms with Crippen molar-refractivity contribution in [3.8, 4) is 10.4 Å². The number of carbonyl (C=O) groups is 5. The number of rotatable bonds is 20. The van der Waals surface area contributed by atoms with Crippen LogP contribution in [-0.4, -0.2) is 75.8 Å². The third kappa shape index (κ3) is 14.1. The first kappa shape index (κ1) is 56.3. The number of β-amino-alcohol motifs (C(OH)–C–C–N with tert-alkyl or cyclic N) is 1. The van der Waals surface area contributed by atoms with Crippen molar-refractivity contribution in [2.24, 2.45) is 5.41 Å². The van der Waals surface area contributed by atoms with Crippen LogP contribution >= 0.6 is 22.9 Å². The van der Waals surface area contributed by atoms with Crippen molar-refractivity contribution < 1.29 is 51.0 Å². The number of carbonyl (C=O) groups excluding carboxylic acids is 5. The average molecular weight is 1080 g/mol. The number of nitrogens with one attached hydrogen (secondary N) is 5. The fourth-order valence-electron chi connectivity index (χ4n) is 9.46. The SMILES string of the molecule is Cc1ncsc1-c1ccc([C@H](C)NC(=O)[C@@H]2C[C@@H](O)CN2C(=O)[C@@H](NC(=O)CCCCCCCCCNC(=O)c2cc(Nc3cc(F)cc(C(F)(F)F)c3)c3c(c2)C(=O)N[C@H]3c2cc(F)ccc2Cl)C(C)(C)C)cc1. The number of hydrogen-bond donors (Lipinski definition) is 6. The van der Waals surface area contributed by atoms with Crippen LogP contribution in [0.2, 0.25) is 5.02 Å². The van der Waals surface area contributed by atoms with Crippen molar-refractivity contribution in [1.82, 2.24) is 31.2 Å². The summed E-state index contributed by atoms with van der Waals surface area (Å²) in [6.45, 7) is 9.55. The van der Waals surface area contributed by atoms with Gasteiger partial charge >= 0.3 is 6.18 Å². The number of hydrogen-bond acceptors (Lipinski definition) is 9. The van der Waals surface area contributed by atoms with Gasteiger partial charge in [-0.25, -0.2) is 13.8 Å². The molecule has 4 aromatic carbocycles. The lowest BCUT2D eigenvalue weighted by atomic mass is 9.85. The summed E-state index contributed by atoms with van der Waals surface area (Å²) >= 11 is 7.95. The topological polar surface area (TPSA) is 182 Å². The number of anilines is 2. The number of aromatic nitrogens is 1. The summed E-state index contributed by atoms with van der Waals surface area (Å²) in [5, 5.41) is 25.0. The monoisotopic (exact) mass is 1080 g/mol. The van der Waals surface area contributed by atoms with Crippen molar-refractivity contribution in [2.75, 3.05) is 18.4 Å². The Morgan fingerprint density at radius 1 is 0.893 bits per heavy atom. The highest BCUT2D eigenvalue weighted by Crippen LogP contribution is 2.42. The maximum Gasteiger partial charge on any atom is 0.416 e. The molecule has 0 unspecified atom stereocenters. The molecule has 1 saturated heterocycles. The third-order valence-electron chi connectivity index (χ3n) is 13.5. The summed E-state index contributed by atoms with van der Waals surface area (Å²) in [7, 11) is 0. The number of likely N-dealkylation sites (tertiary alicyclic amines) is 1. The second-order valence-corrected chi connectivity index (χ2v) is 21.5. The largest absolute Gasteiger partial charge is 0.416 e. The van der Waals surface area contributed by atoms with Crippen LogP contribution < -0.4 is 26.6 Å². The van der Waals surface area contributed by atoms with E-state index in [1.807, 2.05) is 58.9 Å². The Morgan fingerprint density at radius 2 is 1.59 bits per heavy atom. The van der Waals surface area contributed by atoms with Gasteiger partial charge in [-0.15, -0.1) is 11.3 Å². The lowest BCUT2D eigenvalue weighted by molar-refractivity contribution is -0.144. The van der Waals surface area contributed by atoms with Gasteiger partial charge in [-0.3, -0.25) is 24.0 Å². The minimum absolute atomic E-state index is 0.000250. The molecule has 0 bridgehead atoms. The van der Waals surface area contributed by atoms with E-state index in [4.69, 9.17) is 11.6 Å². The van der Waals surface area contributed by atoms with E-state index in [1.54, 1.807) is 16.8 Å². The Morgan fingerprint density at radius 3 is 2.25 bits per heavy atom. The van der Waals surface area contributed by atoms with Gasteiger partial charge in [0.2, 0.25) is 17.7 Å². The molecule has 7 rings (SSSR count). The highest BCUT2D eigenvalue weighted by atomic mass is 35.5. The highest BCUT2D eigenvalue weighted by molar-refractivity contribution is 7.13. The lowest BCUT2D eigenvalue weighted by Crippen LogP contribution is -2.57. The molecule has 5 aromatic rings. The van der Waals surface area contributed by atoms with Crippen LogP contribution in [0.1, 0.15) is 146 Å². The van der Waals surface area contributed by atoms with E-state index in [1.165, 1.54) is 23.1 Å². The second-order valence-electron chi connectivity index (χ2n) is 20.3. The van der Waals surface area contributed by atoms with Gasteiger partial charge in [0, 0.05) is 64.6 Å². The third-order valence-corrected chi connectivity index (χ3v) is 14.8. The molecule has 400 valence electrons. The van der Waals surface area contributed by atoms with Crippen molar-refractivity contribution in [2.45, 2.75) is 129 Å². The zero-order valence-electron chi connectivity index (χ0n) is 42.2. The van der Waals surface area contributed by atoms with Crippen LogP contribution in [0.3, 0.4) is 0 Å². The summed E-state index contributed by atoms with van der Waals surface area (Å²) in [6.07, 6.45) is -0.277. The number of halogens is 6. The molecule has 2 aliphatic rings. The molecule has 0 spiro atoms. The predicted octanol–water partition coefficient (Wildman–Crippen LogP) is 10.9. The highest BCUT2D eigenvalue weighted by Gasteiger charge is 2.45. The van der Waals surface area contributed by atoms with Crippen LogP contribution in [-0.2, 0) is 20.6 Å². The van der Waals surface area contributed by atoms with Gasteiger partial charge in [0.25, 0.3) is 11.8 Å². The summed E-state index contributed by atoms with van der Waals surface area (Å²) in [5.41, 5.74) is 2.71. The molecule has 3 heterocycles. The molecule has 75 heavy (non-hydrogen) atoms. The number of benzene rings is 4. The van der Waals surface area contributed by atoms with Crippen LogP contribution in [0.25, 0.3) is 10.4 Å². The van der Waals surface area contributed by atoms with E-state index >= 15 is 0 Å². The van der Waals surface area contributed by atoms with Crippen molar-refractivity contribution in [3.05, 3.63) is 134 Å². The standard InChI is InChI=1S/C55H61ClF5N7O6S/c1-30(32-14-16-33(17-15-32)48-31(2)63-29-75-48)64-52(73)44-27-39(69)28-68(44)53(74)49(54(3,4)5)66-45(70)13-11-9-7-6-8-10-12-20-62-50(71)34-21-41-46(47(67-51(41)72)40-26-36(57)18-19-42(40)56)43(22-34)65-38-24-35(55(59,60)61)23-37(58)25-38/h14-19,21-26,29-30,39,44,47,49,65,69H,6-13,20,27-28H2,1-5H3,(H,62,71)(H,64,73)(H,66,70)(H,67,72)/t30-,39+,44-,47-,49+/m0/s1. The summed E-state index contributed by atoms with van der Waals surface area (Å²) < 4.78 is 69.8. The van der Waals surface area contributed by atoms with E-state index in [0.717, 1.165) is 72.0 Å². The molecule has 2 aliphatic heterocycles. The first-order chi connectivity index (χ1) is 35.5. The first-order valence-electron chi connectivity index (χ1n) is 24.9. The number of amides is 5. The van der Waals surface area contributed by atoms with E-state index in [-0.39, 0.29) is 82.4 Å². The molecule has 1 fully saturated rings. The minimum Gasteiger partial charge on any atom is -0.391 e. The molecule has 13 nitrogen and oxygen atoms in total. The molecule has 0 aliphatic carbocycles. The molecule has 5 atom stereocenters. The number of fused-ring (bicyclic) bond motifs is 1. The zero-order valence-corrected chi connectivity index (χ0v) is 43.8. The van der Waals surface area contributed by atoms with Gasteiger partial charge in [0.05, 0.1) is 39.8 Å². The van der Waals surface area contributed by atoms with Gasteiger partial charge in [-0.1, -0.05) is 88.7 Å². The van der Waals surface area contributed by atoms with E-state index in [9.17, 15) is 51.0 Å². The predicted molar refractivity (Wildman–Crippen MR) is 277 cm³/mol. The lowest BCUT2D eigenvalue weighted by Gasteiger charge is -2.35. The van der Waals surface area contributed by atoms with Crippen LogP contribution in [0, 0.1) is 24.0 Å². The molecule has 0 saturated carbocycles. The van der Waals surface area contributed by atoms with Crippen LogP contribution in [0.4, 0.5) is 33.3 Å². The van der Waals surface area contributed by atoms with Gasteiger partial charge in [0.15, 0.2) is 0 Å². The fraction of sp³-hybridized carbons (Fsp3) is 0.418. The normalized spacial score (nSPS) is 17.3. The Bertz CT molecular complexity index is 2910. The molecule has 0 radical (unpaired) electrons. The van der Waals surface area contributed by atoms with Gasteiger partial charge in [0.1, 0.15) is 23.7 Å². The smallest absolute Gasteiger partial charge is 0.391 e. The van der Waals surface area contributed by atoms with Crippen molar-refractivity contribution in [3.63, 3.8) is 0 Å². The van der Waals surface area contributed by atoms with Gasteiger partial charge in [-0.05, 0) is 91.8 Å². The Kier molecular flexibility index (Phi) is 18.0. The fourth-order valence-corrected chi connectivity index (χ4v) is 10.5. The minimum atomic E-state index is -4.87. The number of alkyl halides is 3. The molecular formula is C55H61ClF5N7O6S. The maximum atomic E-state index is 14.5. The molecule has 1 aromatic heterocycles. The van der Waals surface area contributed by atoms with Gasteiger partial charge < -0.3 is 36.6 Å². The molecule has 20 heteroatoms. The van der Waals surface area contributed by atoms with E-state index in [2.05, 4.69) is 31.6 Å². The van der Waals surface area contributed by atoms with Crippen LogP contribution in [0.15, 0.2) is 78.3 Å².